The molecule has 3 saturated heterocycles. The van der Waals surface area contributed by atoms with Crippen molar-refractivity contribution in [3.05, 3.63) is 18.0 Å². The highest BCUT2D eigenvalue weighted by atomic mass is 16.2. The average molecular weight is 402 g/mol. The molecule has 0 saturated carbocycles. The van der Waals surface area contributed by atoms with Crippen molar-refractivity contribution in [3.63, 3.8) is 0 Å². The van der Waals surface area contributed by atoms with Gasteiger partial charge in [0.25, 0.3) is 5.91 Å². The Morgan fingerprint density at radius 1 is 1.24 bits per heavy atom. The van der Waals surface area contributed by atoms with Crippen molar-refractivity contribution >= 4 is 11.8 Å². The number of carbonyl (C=O) groups is 2. The molecule has 0 radical (unpaired) electrons. The van der Waals surface area contributed by atoms with Crippen molar-refractivity contribution < 1.29 is 9.59 Å². The third kappa shape index (κ3) is 3.93. The van der Waals surface area contributed by atoms with E-state index in [9.17, 15) is 9.59 Å². The molecule has 3 aliphatic rings. The molecule has 3 aliphatic heterocycles. The number of nitrogens with one attached hydrogen (secondary N) is 1. The molecular weight excluding hydrogens is 366 g/mol. The first-order valence-corrected chi connectivity index (χ1v) is 11.4. The number of amides is 2. The maximum Gasteiger partial charge on any atom is 0.272 e. The second-order valence-electron chi connectivity index (χ2n) is 8.86. The fourth-order valence-corrected chi connectivity index (χ4v) is 6.11. The number of hydrogen-bond acceptors (Lipinski definition) is 4. The van der Waals surface area contributed by atoms with Gasteiger partial charge in [-0.2, -0.15) is 5.10 Å². The Hall–Kier alpha value is -1.89. The quantitative estimate of drug-likeness (QED) is 0.793. The van der Waals surface area contributed by atoms with Crippen LogP contribution in [0, 0.1) is 11.8 Å². The lowest BCUT2D eigenvalue weighted by molar-refractivity contribution is -0.120. The lowest BCUT2D eigenvalue weighted by atomic mass is 9.69. The molecule has 4 rings (SSSR count). The molecule has 3 fully saturated rings. The molecule has 1 aromatic rings. The standard InChI is InChI=1S/C22H35N5O2/c1-3-27-19(11-12-24-27)22(29)26-15-16-7-5-13-25-14-6-8-17(21(16)25)18(26)9-4-10-20(28)23-2/h11-12,16-18,21H,3-10,13-15H2,1-2H3,(H,23,28)/t16-,17+,18+,21-/m0/s1. The van der Waals surface area contributed by atoms with Crippen LogP contribution in [0.25, 0.3) is 0 Å². The summed E-state index contributed by atoms with van der Waals surface area (Å²) in [6.07, 6.45) is 8.87. The molecule has 0 aliphatic carbocycles. The monoisotopic (exact) mass is 401 g/mol. The SMILES string of the molecule is CCn1nccc1C(=O)N1C[C@@H]2CCCN3CCC[C@@H]([C@H]23)[C@H]1CCCC(=O)NC. The topological polar surface area (TPSA) is 70.5 Å². The number of carbonyl (C=O) groups excluding carboxylic acids is 2. The Morgan fingerprint density at radius 2 is 2.03 bits per heavy atom. The van der Waals surface area contributed by atoms with Crippen LogP contribution in [-0.4, -0.2) is 70.2 Å². The van der Waals surface area contributed by atoms with Crippen molar-refractivity contribution in [2.24, 2.45) is 11.8 Å². The fraction of sp³-hybridized carbons (Fsp3) is 0.773. The summed E-state index contributed by atoms with van der Waals surface area (Å²) in [5.74, 6) is 1.31. The summed E-state index contributed by atoms with van der Waals surface area (Å²) in [5, 5.41) is 7.05. The number of piperidine rings is 3. The van der Waals surface area contributed by atoms with Gasteiger partial charge in [-0.3, -0.25) is 19.2 Å². The minimum absolute atomic E-state index is 0.0866. The van der Waals surface area contributed by atoms with Gasteiger partial charge < -0.3 is 10.2 Å². The molecule has 0 aromatic carbocycles. The molecule has 1 aromatic heterocycles. The van der Waals surface area contributed by atoms with Gasteiger partial charge >= 0.3 is 0 Å². The highest BCUT2D eigenvalue weighted by Crippen LogP contribution is 2.43. The van der Waals surface area contributed by atoms with Crippen LogP contribution in [0.4, 0.5) is 0 Å². The normalized spacial score (nSPS) is 29.4. The first-order valence-electron chi connectivity index (χ1n) is 11.4. The predicted octanol–water partition coefficient (Wildman–Crippen LogP) is 2.13. The first kappa shape index (κ1) is 20.4. The third-order valence-corrected chi connectivity index (χ3v) is 7.35. The van der Waals surface area contributed by atoms with Crippen LogP contribution in [0.15, 0.2) is 12.3 Å². The molecule has 4 heterocycles. The molecule has 2 amide bonds. The van der Waals surface area contributed by atoms with Gasteiger partial charge in [-0.05, 0) is 76.4 Å². The van der Waals surface area contributed by atoms with Crippen LogP contribution in [-0.2, 0) is 11.3 Å². The zero-order chi connectivity index (χ0) is 20.4. The van der Waals surface area contributed by atoms with E-state index in [1.807, 2.05) is 17.7 Å². The van der Waals surface area contributed by atoms with Crippen LogP contribution in [0.3, 0.4) is 0 Å². The Kier molecular flexibility index (Phi) is 6.23. The molecule has 0 spiro atoms. The molecule has 160 valence electrons. The number of hydrogen-bond donors (Lipinski definition) is 1. The maximum atomic E-state index is 13.6. The second kappa shape index (κ2) is 8.86. The first-order chi connectivity index (χ1) is 14.1. The van der Waals surface area contributed by atoms with E-state index in [0.29, 0.717) is 36.5 Å². The van der Waals surface area contributed by atoms with E-state index in [4.69, 9.17) is 0 Å². The van der Waals surface area contributed by atoms with Crippen LogP contribution >= 0.6 is 0 Å². The van der Waals surface area contributed by atoms with E-state index >= 15 is 0 Å². The molecule has 1 N–H and O–H groups in total. The number of rotatable bonds is 6. The Labute approximate surface area is 173 Å². The van der Waals surface area contributed by atoms with Gasteiger partial charge in [0.05, 0.1) is 0 Å². The van der Waals surface area contributed by atoms with E-state index in [0.717, 1.165) is 19.4 Å². The number of nitrogens with zero attached hydrogens (tertiary/aromatic N) is 4. The number of likely N-dealkylation sites (tertiary alicyclic amines) is 1. The van der Waals surface area contributed by atoms with Gasteiger partial charge in [-0.15, -0.1) is 0 Å². The van der Waals surface area contributed by atoms with E-state index in [2.05, 4.69) is 20.2 Å². The van der Waals surface area contributed by atoms with E-state index in [-0.39, 0.29) is 17.9 Å². The number of aromatic nitrogens is 2. The van der Waals surface area contributed by atoms with Crippen molar-refractivity contribution in [2.75, 3.05) is 26.7 Å². The Morgan fingerprint density at radius 3 is 2.79 bits per heavy atom. The fourth-order valence-electron chi connectivity index (χ4n) is 6.11. The minimum atomic E-state index is 0.0866. The molecular formula is C22H35N5O2. The lowest BCUT2D eigenvalue weighted by Crippen LogP contribution is -2.65. The highest BCUT2D eigenvalue weighted by Gasteiger charge is 2.49. The Bertz CT molecular complexity index is 731. The smallest absolute Gasteiger partial charge is 0.272 e. The second-order valence-corrected chi connectivity index (χ2v) is 8.86. The van der Waals surface area contributed by atoms with Gasteiger partial charge in [0, 0.05) is 44.8 Å². The van der Waals surface area contributed by atoms with E-state index in [1.165, 1.54) is 38.8 Å². The molecule has 0 bridgehead atoms. The van der Waals surface area contributed by atoms with Gasteiger partial charge in [-0.25, -0.2) is 0 Å². The van der Waals surface area contributed by atoms with Gasteiger partial charge in [-0.1, -0.05) is 0 Å². The number of aryl methyl sites for hydroxylation is 1. The van der Waals surface area contributed by atoms with Crippen molar-refractivity contribution in [2.45, 2.75) is 70.5 Å². The van der Waals surface area contributed by atoms with Crippen LogP contribution < -0.4 is 5.32 Å². The van der Waals surface area contributed by atoms with Crippen molar-refractivity contribution in [3.8, 4) is 0 Å². The van der Waals surface area contributed by atoms with Gasteiger partial charge in [0.1, 0.15) is 5.69 Å². The summed E-state index contributed by atoms with van der Waals surface area (Å²) >= 11 is 0. The third-order valence-electron chi connectivity index (χ3n) is 7.35. The Balaban J connectivity index is 1.59. The predicted molar refractivity (Wildman–Crippen MR) is 111 cm³/mol. The summed E-state index contributed by atoms with van der Waals surface area (Å²) in [6, 6.07) is 2.69. The van der Waals surface area contributed by atoms with Crippen LogP contribution in [0.2, 0.25) is 0 Å². The molecule has 7 heteroatoms. The van der Waals surface area contributed by atoms with Crippen molar-refractivity contribution in [1.29, 1.82) is 0 Å². The zero-order valence-electron chi connectivity index (χ0n) is 17.8. The van der Waals surface area contributed by atoms with Crippen LogP contribution in [0.5, 0.6) is 0 Å². The summed E-state index contributed by atoms with van der Waals surface area (Å²) in [5.41, 5.74) is 0.700. The van der Waals surface area contributed by atoms with E-state index < -0.39 is 0 Å². The minimum Gasteiger partial charge on any atom is -0.359 e. The average Bonchev–Trinajstić information content (AvgIpc) is 3.23. The van der Waals surface area contributed by atoms with Crippen LogP contribution in [0.1, 0.15) is 62.4 Å². The summed E-state index contributed by atoms with van der Waals surface area (Å²) in [4.78, 5) is 30.2. The maximum absolute atomic E-state index is 13.6. The highest BCUT2D eigenvalue weighted by molar-refractivity contribution is 5.93. The summed E-state index contributed by atoms with van der Waals surface area (Å²) in [6.45, 7) is 5.98. The van der Waals surface area contributed by atoms with E-state index in [1.54, 1.807) is 13.2 Å². The summed E-state index contributed by atoms with van der Waals surface area (Å²) in [7, 11) is 1.69. The van der Waals surface area contributed by atoms with Crippen molar-refractivity contribution in [1.82, 2.24) is 24.9 Å². The van der Waals surface area contributed by atoms with Gasteiger partial charge in [0.15, 0.2) is 0 Å². The largest absolute Gasteiger partial charge is 0.359 e. The molecule has 29 heavy (non-hydrogen) atoms. The molecule has 7 nitrogen and oxygen atoms in total. The zero-order valence-corrected chi connectivity index (χ0v) is 17.8. The lowest BCUT2D eigenvalue weighted by Gasteiger charge is -2.57. The molecule has 4 atom stereocenters. The van der Waals surface area contributed by atoms with Gasteiger partial charge in [0.2, 0.25) is 5.91 Å². The molecule has 0 unspecified atom stereocenters. The summed E-state index contributed by atoms with van der Waals surface area (Å²) < 4.78 is 1.81.